The van der Waals surface area contributed by atoms with Gasteiger partial charge in [-0.05, 0) is 30.2 Å². The van der Waals surface area contributed by atoms with Gasteiger partial charge < -0.3 is 20.8 Å². The third-order valence-electron chi connectivity index (χ3n) is 4.47. The van der Waals surface area contributed by atoms with Gasteiger partial charge in [-0.1, -0.05) is 25.1 Å². The summed E-state index contributed by atoms with van der Waals surface area (Å²) in [5.74, 6) is -0.722. The summed E-state index contributed by atoms with van der Waals surface area (Å²) < 4.78 is 4.61. The van der Waals surface area contributed by atoms with Crippen molar-refractivity contribution in [2.45, 2.75) is 19.4 Å². The summed E-state index contributed by atoms with van der Waals surface area (Å²) in [6.45, 7) is 9.01. The van der Waals surface area contributed by atoms with Gasteiger partial charge in [0, 0.05) is 29.1 Å². The van der Waals surface area contributed by atoms with Crippen LogP contribution in [0.3, 0.4) is 0 Å². The number of benzene rings is 1. The number of nitrogens with two attached hydrogens (primary N) is 1. The molecule has 8 heteroatoms. The van der Waals surface area contributed by atoms with Gasteiger partial charge in [0.1, 0.15) is 0 Å². The molecule has 2 atom stereocenters. The van der Waals surface area contributed by atoms with Crippen molar-refractivity contribution >= 4 is 23.4 Å². The molecule has 5 N–H and O–H groups in total. The average molecular weight is 410 g/mol. The van der Waals surface area contributed by atoms with Crippen LogP contribution in [0.4, 0.5) is 16.2 Å². The largest absolute Gasteiger partial charge is 0.453 e. The summed E-state index contributed by atoms with van der Waals surface area (Å²) in [7, 11) is 1.25. The molecule has 0 aliphatic carbocycles. The number of hydrogen-bond acceptors (Lipinski definition) is 5. The number of aromatic nitrogens is 1. The van der Waals surface area contributed by atoms with Crippen molar-refractivity contribution in [3.8, 4) is 11.1 Å². The van der Waals surface area contributed by atoms with E-state index in [0.29, 0.717) is 34.6 Å². The Bertz CT molecular complexity index is 1010. The van der Waals surface area contributed by atoms with Crippen LogP contribution in [-0.4, -0.2) is 24.1 Å². The summed E-state index contributed by atoms with van der Waals surface area (Å²) in [6.07, 6.45) is 3.03. The number of anilines is 2. The number of carbonyl (C=O) groups is 2. The molecule has 2 amide bonds. The molecule has 2 aromatic rings. The molecule has 30 heavy (non-hydrogen) atoms. The second-order valence-electron chi connectivity index (χ2n) is 6.71. The van der Waals surface area contributed by atoms with Crippen LogP contribution < -0.4 is 21.9 Å². The molecule has 0 bridgehead atoms. The van der Waals surface area contributed by atoms with Crippen LogP contribution in [-0.2, 0) is 9.53 Å². The Morgan fingerprint density at radius 1 is 1.23 bits per heavy atom. The second-order valence-corrected chi connectivity index (χ2v) is 6.71. The van der Waals surface area contributed by atoms with Gasteiger partial charge in [-0.2, -0.15) is 0 Å². The molecule has 1 heterocycles. The lowest BCUT2D eigenvalue weighted by atomic mass is 10.00. The Hall–Kier alpha value is -3.65. The Kier molecular flexibility index (Phi) is 7.71. The van der Waals surface area contributed by atoms with Crippen LogP contribution in [0.15, 0.2) is 60.4 Å². The fraction of sp³-hybridized carbons (Fsp3) is 0.227. The fourth-order valence-electron chi connectivity index (χ4n) is 2.73. The molecule has 0 radical (unpaired) electrons. The minimum absolute atomic E-state index is 0.283. The molecule has 8 nitrogen and oxygen atoms in total. The van der Waals surface area contributed by atoms with Crippen LogP contribution >= 0.6 is 0 Å². The van der Waals surface area contributed by atoms with E-state index in [-0.39, 0.29) is 11.5 Å². The monoisotopic (exact) mass is 410 g/mol. The van der Waals surface area contributed by atoms with Gasteiger partial charge in [0.15, 0.2) is 0 Å². The van der Waals surface area contributed by atoms with E-state index in [0.717, 1.165) is 0 Å². The van der Waals surface area contributed by atoms with Crippen molar-refractivity contribution in [1.29, 1.82) is 0 Å². The van der Waals surface area contributed by atoms with Gasteiger partial charge in [-0.25, -0.2) is 4.79 Å². The van der Waals surface area contributed by atoms with E-state index in [1.165, 1.54) is 19.3 Å². The van der Waals surface area contributed by atoms with Crippen molar-refractivity contribution in [2.24, 2.45) is 11.7 Å². The van der Waals surface area contributed by atoms with Gasteiger partial charge >= 0.3 is 6.09 Å². The molecule has 0 aliphatic rings. The molecule has 1 aromatic carbocycles. The maximum Gasteiger partial charge on any atom is 0.411 e. The average Bonchev–Trinajstić information content (AvgIpc) is 2.72. The Labute approximate surface area is 174 Å². The quantitative estimate of drug-likeness (QED) is 0.495. The zero-order valence-corrected chi connectivity index (χ0v) is 17.0. The number of nitrogens with one attached hydrogen (secondary N) is 3. The molecule has 158 valence electrons. The van der Waals surface area contributed by atoms with E-state index < -0.39 is 18.1 Å². The van der Waals surface area contributed by atoms with Gasteiger partial charge in [0.05, 0.1) is 18.7 Å². The number of methoxy groups -OCH3 is 1. The highest BCUT2D eigenvalue weighted by molar-refractivity contribution is 5.99. The first-order valence-corrected chi connectivity index (χ1v) is 9.32. The van der Waals surface area contributed by atoms with Crippen molar-refractivity contribution in [1.82, 2.24) is 4.98 Å². The Morgan fingerprint density at radius 3 is 2.60 bits per heavy atom. The van der Waals surface area contributed by atoms with E-state index in [9.17, 15) is 14.4 Å². The van der Waals surface area contributed by atoms with E-state index in [4.69, 9.17) is 5.73 Å². The number of hydrogen-bond donors (Lipinski definition) is 4. The molecule has 0 aliphatic heterocycles. The lowest BCUT2D eigenvalue weighted by molar-refractivity contribution is -0.118. The number of amides is 2. The zero-order valence-electron chi connectivity index (χ0n) is 17.0. The predicted octanol–water partition coefficient (Wildman–Crippen LogP) is 3.56. The number of H-pyrrole nitrogens is 1. The first kappa shape index (κ1) is 22.6. The molecule has 0 saturated heterocycles. The van der Waals surface area contributed by atoms with Crippen molar-refractivity contribution in [3.63, 3.8) is 0 Å². The molecule has 0 fully saturated rings. The molecular formula is C22H26N4O4. The molecule has 2 rings (SSSR count). The maximum atomic E-state index is 12.5. The number of ether oxygens (including phenoxy) is 1. The van der Waals surface area contributed by atoms with Gasteiger partial charge in [-0.15, -0.1) is 13.2 Å². The summed E-state index contributed by atoms with van der Waals surface area (Å²) in [5, 5.41) is 5.38. The van der Waals surface area contributed by atoms with Gasteiger partial charge in [0.2, 0.25) is 11.5 Å². The summed E-state index contributed by atoms with van der Waals surface area (Å²) in [5.41, 5.74) is 8.32. The second kappa shape index (κ2) is 10.2. The summed E-state index contributed by atoms with van der Waals surface area (Å²) in [4.78, 5) is 39.0. The SMILES string of the molecule is C=CCC(N)c1cc(-c2ccc(NC(=O)OC)cc2NC(=O)C(C)C=C)cc(=O)[nH]1. The predicted molar refractivity (Wildman–Crippen MR) is 118 cm³/mol. The minimum Gasteiger partial charge on any atom is -0.453 e. The molecule has 1 aromatic heterocycles. The molecule has 2 unspecified atom stereocenters. The van der Waals surface area contributed by atoms with E-state index in [1.54, 1.807) is 37.3 Å². The number of rotatable bonds is 8. The standard InChI is InChI=1S/C22H26N4O4/c1-5-7-17(23)19-10-14(11-20(27)25-19)16-9-8-15(24-22(29)30-4)12-18(16)26-21(28)13(3)6-2/h5-6,8-13,17H,1-2,7,23H2,3-4H3,(H,24,29)(H,25,27)(H,26,28). The fourth-order valence-corrected chi connectivity index (χ4v) is 2.73. The highest BCUT2D eigenvalue weighted by atomic mass is 16.5. The lowest BCUT2D eigenvalue weighted by Crippen LogP contribution is -2.20. The maximum absolute atomic E-state index is 12.5. The van der Waals surface area contributed by atoms with E-state index in [1.807, 2.05) is 0 Å². The van der Waals surface area contributed by atoms with Crippen LogP contribution in [0.5, 0.6) is 0 Å². The van der Waals surface area contributed by atoms with Crippen molar-refractivity contribution in [2.75, 3.05) is 17.7 Å². The minimum atomic E-state index is -0.645. The van der Waals surface area contributed by atoms with E-state index >= 15 is 0 Å². The normalized spacial score (nSPS) is 12.4. The Balaban J connectivity index is 2.56. The molecule has 0 spiro atoms. The van der Waals surface area contributed by atoms with Gasteiger partial charge in [0.25, 0.3) is 0 Å². The molecular weight excluding hydrogens is 384 g/mol. The van der Waals surface area contributed by atoms with Crippen molar-refractivity contribution < 1.29 is 14.3 Å². The van der Waals surface area contributed by atoms with Crippen LogP contribution in [0, 0.1) is 5.92 Å². The molecule has 0 saturated carbocycles. The van der Waals surface area contributed by atoms with Gasteiger partial charge in [-0.3, -0.25) is 14.9 Å². The summed E-state index contributed by atoms with van der Waals surface area (Å²) >= 11 is 0. The lowest BCUT2D eigenvalue weighted by Gasteiger charge is -2.16. The summed E-state index contributed by atoms with van der Waals surface area (Å²) in [6, 6.07) is 7.67. The smallest absolute Gasteiger partial charge is 0.411 e. The first-order valence-electron chi connectivity index (χ1n) is 9.32. The first-order chi connectivity index (χ1) is 14.3. The van der Waals surface area contributed by atoms with Crippen LogP contribution in [0.25, 0.3) is 11.1 Å². The highest BCUT2D eigenvalue weighted by Gasteiger charge is 2.16. The third kappa shape index (κ3) is 5.68. The van der Waals surface area contributed by atoms with E-state index in [2.05, 4.69) is 33.5 Å². The zero-order chi connectivity index (χ0) is 22.3. The number of carbonyl (C=O) groups excluding carboxylic acids is 2. The topological polar surface area (TPSA) is 126 Å². The Morgan fingerprint density at radius 2 is 1.97 bits per heavy atom. The highest BCUT2D eigenvalue weighted by Crippen LogP contribution is 2.31. The third-order valence-corrected chi connectivity index (χ3v) is 4.47. The number of pyridine rings is 1. The van der Waals surface area contributed by atoms with Crippen LogP contribution in [0.2, 0.25) is 0 Å². The number of aromatic amines is 1. The van der Waals surface area contributed by atoms with Crippen molar-refractivity contribution in [3.05, 3.63) is 71.7 Å². The van der Waals surface area contributed by atoms with Crippen LogP contribution in [0.1, 0.15) is 25.1 Å².